The highest BCUT2D eigenvalue weighted by Crippen LogP contribution is 2.33. The van der Waals surface area contributed by atoms with Gasteiger partial charge in [0.25, 0.3) is 0 Å². The molecule has 0 aliphatic heterocycles. The predicted octanol–water partition coefficient (Wildman–Crippen LogP) is 4.23. The van der Waals surface area contributed by atoms with Gasteiger partial charge in [-0.25, -0.2) is 4.79 Å². The van der Waals surface area contributed by atoms with Crippen LogP contribution < -0.4 is 5.32 Å². The van der Waals surface area contributed by atoms with Crippen LogP contribution in [0, 0.1) is 5.92 Å². The normalized spacial score (nSPS) is 16.2. The Morgan fingerprint density at radius 2 is 1.43 bits per heavy atom. The number of carbonyl (C=O) groups is 2. The molecule has 2 aromatic carbocycles. The van der Waals surface area contributed by atoms with Crippen molar-refractivity contribution in [2.75, 3.05) is 7.11 Å². The number of ether oxygens (including phenoxy) is 1. The van der Waals surface area contributed by atoms with E-state index in [0.717, 1.165) is 36.8 Å². The molecular formula is C24H29NO3. The van der Waals surface area contributed by atoms with Crippen LogP contribution >= 0.6 is 0 Å². The first-order chi connectivity index (χ1) is 13.6. The van der Waals surface area contributed by atoms with Gasteiger partial charge in [-0.1, -0.05) is 79.9 Å². The Labute approximate surface area is 167 Å². The molecule has 1 N–H and O–H groups in total. The highest BCUT2D eigenvalue weighted by atomic mass is 16.5. The van der Waals surface area contributed by atoms with Gasteiger partial charge in [-0.2, -0.15) is 0 Å². The van der Waals surface area contributed by atoms with Crippen molar-refractivity contribution in [3.05, 3.63) is 71.8 Å². The number of nitrogens with one attached hydrogen (secondary N) is 1. The molecule has 1 fully saturated rings. The molecule has 0 unspecified atom stereocenters. The standard InChI is InChI=1S/C24H29NO3/c1-24(19-14-8-4-9-15-19,20-16-10-5-11-17-20)23(27)25-21(22(26)28-2)18-12-6-3-7-13-18/h4-5,8-11,14-18,21H,3,6-7,12-13H2,1-2H3,(H,25,27)/t21-/m0/s1. The molecule has 1 aliphatic carbocycles. The monoisotopic (exact) mass is 379 g/mol. The third kappa shape index (κ3) is 4.11. The van der Waals surface area contributed by atoms with Crippen LogP contribution in [0.5, 0.6) is 0 Å². The van der Waals surface area contributed by atoms with Gasteiger partial charge in [-0.15, -0.1) is 0 Å². The van der Waals surface area contributed by atoms with Gasteiger partial charge in [0.05, 0.1) is 12.5 Å². The minimum absolute atomic E-state index is 0.126. The molecule has 1 saturated carbocycles. The Morgan fingerprint density at radius 3 is 1.89 bits per heavy atom. The third-order valence-corrected chi connectivity index (χ3v) is 6.02. The van der Waals surface area contributed by atoms with Crippen molar-refractivity contribution in [3.8, 4) is 0 Å². The molecule has 0 heterocycles. The van der Waals surface area contributed by atoms with Crippen LogP contribution in [0.3, 0.4) is 0 Å². The molecule has 1 aliphatic rings. The Kier molecular flexibility index (Phi) is 6.50. The predicted molar refractivity (Wildman–Crippen MR) is 110 cm³/mol. The number of carbonyl (C=O) groups excluding carboxylic acids is 2. The zero-order valence-electron chi connectivity index (χ0n) is 16.7. The quantitative estimate of drug-likeness (QED) is 0.764. The van der Waals surface area contributed by atoms with Crippen molar-refractivity contribution in [2.24, 2.45) is 5.92 Å². The smallest absolute Gasteiger partial charge is 0.328 e. The SMILES string of the molecule is COC(=O)[C@@H](NC(=O)C(C)(c1ccccc1)c1ccccc1)C1CCCCC1. The van der Waals surface area contributed by atoms with E-state index in [1.807, 2.05) is 67.6 Å². The van der Waals surface area contributed by atoms with Crippen LogP contribution in [0.4, 0.5) is 0 Å². The van der Waals surface area contributed by atoms with E-state index in [4.69, 9.17) is 4.74 Å². The minimum atomic E-state index is -0.899. The van der Waals surface area contributed by atoms with E-state index in [9.17, 15) is 9.59 Å². The summed E-state index contributed by atoms with van der Waals surface area (Å²) in [4.78, 5) is 26.1. The van der Waals surface area contributed by atoms with E-state index in [1.54, 1.807) is 0 Å². The van der Waals surface area contributed by atoms with Crippen molar-refractivity contribution < 1.29 is 14.3 Å². The zero-order valence-corrected chi connectivity index (χ0v) is 16.7. The molecule has 2 aromatic rings. The van der Waals surface area contributed by atoms with Gasteiger partial charge in [-0.05, 0) is 36.8 Å². The molecule has 1 atom stereocenters. The molecular weight excluding hydrogens is 350 g/mol. The van der Waals surface area contributed by atoms with E-state index in [1.165, 1.54) is 13.5 Å². The number of esters is 1. The fourth-order valence-electron chi connectivity index (χ4n) is 4.22. The van der Waals surface area contributed by atoms with Crippen molar-refractivity contribution >= 4 is 11.9 Å². The fraction of sp³-hybridized carbons (Fsp3) is 0.417. The molecule has 4 heteroatoms. The second kappa shape index (κ2) is 9.05. The lowest BCUT2D eigenvalue weighted by Crippen LogP contribution is -2.53. The van der Waals surface area contributed by atoms with Crippen LogP contribution in [-0.4, -0.2) is 25.0 Å². The van der Waals surface area contributed by atoms with Crippen LogP contribution in [0.1, 0.15) is 50.2 Å². The maximum absolute atomic E-state index is 13.6. The summed E-state index contributed by atoms with van der Waals surface area (Å²) in [5.74, 6) is -0.407. The highest BCUT2D eigenvalue weighted by molar-refractivity contribution is 5.94. The first-order valence-corrected chi connectivity index (χ1v) is 10.1. The molecule has 0 saturated heterocycles. The number of rotatable bonds is 6. The molecule has 0 radical (unpaired) electrons. The van der Waals surface area contributed by atoms with Gasteiger partial charge in [0.15, 0.2) is 0 Å². The Morgan fingerprint density at radius 1 is 0.929 bits per heavy atom. The highest BCUT2D eigenvalue weighted by Gasteiger charge is 2.41. The average Bonchev–Trinajstić information content (AvgIpc) is 2.78. The van der Waals surface area contributed by atoms with Gasteiger partial charge in [0.2, 0.25) is 5.91 Å². The summed E-state index contributed by atoms with van der Waals surface area (Å²) in [6, 6.07) is 18.8. The van der Waals surface area contributed by atoms with Crippen molar-refractivity contribution in [3.63, 3.8) is 0 Å². The van der Waals surface area contributed by atoms with E-state index in [0.29, 0.717) is 0 Å². The summed E-state index contributed by atoms with van der Waals surface area (Å²) in [5, 5.41) is 3.06. The van der Waals surface area contributed by atoms with E-state index >= 15 is 0 Å². The second-order valence-electron chi connectivity index (χ2n) is 7.73. The summed E-state index contributed by atoms with van der Waals surface area (Å²) in [7, 11) is 1.39. The Balaban J connectivity index is 1.95. The van der Waals surface area contributed by atoms with Crippen LogP contribution in [0.2, 0.25) is 0 Å². The molecule has 0 spiro atoms. The Hall–Kier alpha value is -2.62. The van der Waals surface area contributed by atoms with Gasteiger partial charge < -0.3 is 10.1 Å². The number of hydrogen-bond donors (Lipinski definition) is 1. The maximum Gasteiger partial charge on any atom is 0.328 e. The molecule has 3 rings (SSSR count). The fourth-order valence-corrected chi connectivity index (χ4v) is 4.22. The van der Waals surface area contributed by atoms with Gasteiger partial charge in [-0.3, -0.25) is 4.79 Å². The molecule has 0 bridgehead atoms. The van der Waals surface area contributed by atoms with Gasteiger partial charge in [0, 0.05) is 0 Å². The third-order valence-electron chi connectivity index (χ3n) is 6.02. The lowest BCUT2D eigenvalue weighted by molar-refractivity contribution is -0.147. The first kappa shape index (κ1) is 20.1. The van der Waals surface area contributed by atoms with Crippen LogP contribution in [0.25, 0.3) is 0 Å². The van der Waals surface area contributed by atoms with Gasteiger partial charge in [0.1, 0.15) is 6.04 Å². The molecule has 4 nitrogen and oxygen atoms in total. The molecule has 148 valence electrons. The maximum atomic E-state index is 13.6. The lowest BCUT2D eigenvalue weighted by atomic mass is 9.74. The van der Waals surface area contributed by atoms with E-state index < -0.39 is 11.5 Å². The summed E-state index contributed by atoms with van der Waals surface area (Å²) in [5.41, 5.74) is 0.889. The number of methoxy groups -OCH3 is 1. The second-order valence-corrected chi connectivity index (χ2v) is 7.73. The van der Waals surface area contributed by atoms with Crippen LogP contribution in [0.15, 0.2) is 60.7 Å². The van der Waals surface area contributed by atoms with E-state index in [-0.39, 0.29) is 17.8 Å². The largest absolute Gasteiger partial charge is 0.467 e. The topological polar surface area (TPSA) is 55.4 Å². The van der Waals surface area contributed by atoms with Crippen molar-refractivity contribution in [2.45, 2.75) is 50.5 Å². The minimum Gasteiger partial charge on any atom is -0.467 e. The van der Waals surface area contributed by atoms with Gasteiger partial charge >= 0.3 is 5.97 Å². The van der Waals surface area contributed by atoms with Crippen LogP contribution in [-0.2, 0) is 19.7 Å². The molecule has 1 amide bonds. The summed E-state index contributed by atoms with van der Waals surface area (Å²) in [6.45, 7) is 1.92. The summed E-state index contributed by atoms with van der Waals surface area (Å²) >= 11 is 0. The number of hydrogen-bond acceptors (Lipinski definition) is 3. The van der Waals surface area contributed by atoms with Crippen molar-refractivity contribution in [1.82, 2.24) is 5.32 Å². The molecule has 0 aromatic heterocycles. The zero-order chi connectivity index (χ0) is 20.0. The van der Waals surface area contributed by atoms with E-state index in [2.05, 4.69) is 5.32 Å². The molecule has 28 heavy (non-hydrogen) atoms. The Bertz CT molecular complexity index is 743. The van der Waals surface area contributed by atoms with Crippen molar-refractivity contribution in [1.29, 1.82) is 0 Å². The average molecular weight is 380 g/mol. The number of benzene rings is 2. The lowest BCUT2D eigenvalue weighted by Gasteiger charge is -2.34. The number of amides is 1. The summed E-state index contributed by atoms with van der Waals surface area (Å²) in [6.07, 6.45) is 5.23. The first-order valence-electron chi connectivity index (χ1n) is 10.1. The summed E-state index contributed by atoms with van der Waals surface area (Å²) < 4.78 is 5.04.